The largest absolute Gasteiger partial charge is 0.494 e. The lowest BCUT2D eigenvalue weighted by molar-refractivity contribution is 0.337. The number of nitrogens with one attached hydrogen (secondary N) is 1. The molecule has 0 radical (unpaired) electrons. The van der Waals surface area contributed by atoms with Crippen molar-refractivity contribution < 1.29 is 17.7 Å². The van der Waals surface area contributed by atoms with E-state index in [2.05, 4.69) is 9.88 Å². The highest BCUT2D eigenvalue weighted by Crippen LogP contribution is 2.29. The lowest BCUT2D eigenvalue weighted by atomic mass is 10.1. The molecule has 2 aromatic rings. The molecule has 120 valence electrons. The van der Waals surface area contributed by atoms with Gasteiger partial charge < -0.3 is 9.26 Å². The molecular formula is C15H20N2O4S. The first-order chi connectivity index (χ1) is 10.3. The number of ether oxygens (including phenoxy) is 1. The third kappa shape index (κ3) is 3.09. The molecule has 1 aromatic heterocycles. The van der Waals surface area contributed by atoms with Gasteiger partial charge in [-0.3, -0.25) is 4.72 Å². The Bertz CT molecular complexity index is 775. The molecule has 0 atom stereocenters. The van der Waals surface area contributed by atoms with Gasteiger partial charge >= 0.3 is 0 Å². The molecule has 0 fully saturated rings. The average Bonchev–Trinajstić information content (AvgIpc) is 2.75. The fraction of sp³-hybridized carbons (Fsp3) is 0.400. The number of aryl methyl sites for hydroxylation is 4. The zero-order chi connectivity index (χ0) is 16.5. The Labute approximate surface area is 130 Å². The van der Waals surface area contributed by atoms with E-state index < -0.39 is 10.0 Å². The van der Waals surface area contributed by atoms with E-state index in [1.54, 1.807) is 19.9 Å². The van der Waals surface area contributed by atoms with Gasteiger partial charge in [0.15, 0.2) is 10.7 Å². The summed E-state index contributed by atoms with van der Waals surface area (Å²) < 4.78 is 38.1. The first kappa shape index (κ1) is 16.4. The minimum Gasteiger partial charge on any atom is -0.494 e. The van der Waals surface area contributed by atoms with Crippen molar-refractivity contribution in [2.75, 3.05) is 11.3 Å². The Kier molecular flexibility index (Phi) is 4.46. The van der Waals surface area contributed by atoms with Crippen molar-refractivity contribution in [3.63, 3.8) is 0 Å². The van der Waals surface area contributed by atoms with Crippen LogP contribution in [0.2, 0.25) is 0 Å². The third-order valence-corrected chi connectivity index (χ3v) is 4.91. The topological polar surface area (TPSA) is 81.4 Å². The van der Waals surface area contributed by atoms with Crippen molar-refractivity contribution in [1.82, 2.24) is 5.16 Å². The Hall–Kier alpha value is -2.02. The summed E-state index contributed by atoms with van der Waals surface area (Å²) in [6.07, 6.45) is 0. The van der Waals surface area contributed by atoms with Gasteiger partial charge in [-0.15, -0.1) is 0 Å². The Morgan fingerprint density at radius 2 is 1.86 bits per heavy atom. The average molecular weight is 324 g/mol. The highest BCUT2D eigenvalue weighted by molar-refractivity contribution is 7.92. The van der Waals surface area contributed by atoms with Gasteiger partial charge in [-0.25, -0.2) is 8.42 Å². The van der Waals surface area contributed by atoms with Crippen LogP contribution in [-0.4, -0.2) is 20.2 Å². The Morgan fingerprint density at radius 3 is 2.41 bits per heavy atom. The zero-order valence-electron chi connectivity index (χ0n) is 13.4. The minimum atomic E-state index is -3.74. The summed E-state index contributed by atoms with van der Waals surface area (Å²) in [5, 5.41) is 3.69. The summed E-state index contributed by atoms with van der Waals surface area (Å²) in [5.41, 5.74) is 2.50. The number of sulfonamides is 1. The molecule has 0 aliphatic heterocycles. The maximum atomic E-state index is 12.5. The van der Waals surface area contributed by atoms with E-state index in [1.807, 2.05) is 26.8 Å². The highest BCUT2D eigenvalue weighted by Gasteiger charge is 2.25. The molecule has 0 saturated heterocycles. The normalized spacial score (nSPS) is 11.5. The molecule has 0 bridgehead atoms. The molecule has 0 saturated carbocycles. The van der Waals surface area contributed by atoms with E-state index in [9.17, 15) is 8.42 Å². The van der Waals surface area contributed by atoms with Crippen molar-refractivity contribution in [2.24, 2.45) is 0 Å². The van der Waals surface area contributed by atoms with Gasteiger partial charge in [0.05, 0.1) is 12.3 Å². The van der Waals surface area contributed by atoms with Crippen LogP contribution >= 0.6 is 0 Å². The van der Waals surface area contributed by atoms with Crippen molar-refractivity contribution in [1.29, 1.82) is 0 Å². The molecule has 1 heterocycles. The second-order valence-corrected chi connectivity index (χ2v) is 6.74. The van der Waals surface area contributed by atoms with Gasteiger partial charge in [-0.05, 0) is 57.9 Å². The quantitative estimate of drug-likeness (QED) is 0.914. The number of hydrogen-bond donors (Lipinski definition) is 1. The number of aromatic nitrogens is 1. The Morgan fingerprint density at radius 1 is 1.18 bits per heavy atom. The summed E-state index contributed by atoms with van der Waals surface area (Å²) in [5.74, 6) is 1.02. The molecular weight excluding hydrogens is 304 g/mol. The predicted molar refractivity (Wildman–Crippen MR) is 83.9 cm³/mol. The van der Waals surface area contributed by atoms with Crippen LogP contribution in [0.4, 0.5) is 5.69 Å². The first-order valence-corrected chi connectivity index (χ1v) is 8.44. The van der Waals surface area contributed by atoms with E-state index in [0.29, 0.717) is 18.0 Å². The van der Waals surface area contributed by atoms with Crippen molar-refractivity contribution >= 4 is 15.7 Å². The van der Waals surface area contributed by atoms with Crippen LogP contribution in [0.5, 0.6) is 5.75 Å². The van der Waals surface area contributed by atoms with Crippen molar-refractivity contribution in [3.8, 4) is 5.75 Å². The summed E-state index contributed by atoms with van der Waals surface area (Å²) in [7, 11) is -3.74. The summed E-state index contributed by atoms with van der Waals surface area (Å²) >= 11 is 0. The minimum absolute atomic E-state index is 0.0819. The molecule has 0 amide bonds. The van der Waals surface area contributed by atoms with Crippen LogP contribution < -0.4 is 9.46 Å². The predicted octanol–water partition coefficient (Wildman–Crippen LogP) is 3.11. The van der Waals surface area contributed by atoms with Crippen LogP contribution in [0.15, 0.2) is 21.6 Å². The van der Waals surface area contributed by atoms with Gasteiger partial charge in [0.25, 0.3) is 10.0 Å². The number of hydrogen-bond acceptors (Lipinski definition) is 5. The zero-order valence-corrected chi connectivity index (χ0v) is 14.2. The van der Waals surface area contributed by atoms with Crippen LogP contribution in [0.3, 0.4) is 0 Å². The number of anilines is 1. The maximum absolute atomic E-state index is 12.5. The van der Waals surface area contributed by atoms with Gasteiger partial charge in [-0.2, -0.15) is 0 Å². The number of rotatable bonds is 5. The smallest absolute Gasteiger partial charge is 0.267 e. The lowest BCUT2D eigenvalue weighted by Gasteiger charge is -2.14. The molecule has 1 aromatic carbocycles. The second-order valence-electron chi connectivity index (χ2n) is 5.12. The highest BCUT2D eigenvalue weighted by atomic mass is 32.2. The summed E-state index contributed by atoms with van der Waals surface area (Å²) in [6, 6.07) is 3.58. The van der Waals surface area contributed by atoms with Crippen molar-refractivity contribution in [2.45, 2.75) is 39.5 Å². The van der Waals surface area contributed by atoms with Crippen molar-refractivity contribution in [3.05, 3.63) is 34.7 Å². The van der Waals surface area contributed by atoms with E-state index >= 15 is 0 Å². The fourth-order valence-corrected chi connectivity index (χ4v) is 3.72. The molecule has 0 spiro atoms. The summed E-state index contributed by atoms with van der Waals surface area (Å²) in [6.45, 7) is 9.34. The molecule has 0 aliphatic carbocycles. The molecule has 0 unspecified atom stereocenters. The molecule has 7 heteroatoms. The summed E-state index contributed by atoms with van der Waals surface area (Å²) in [4.78, 5) is 0.0819. The molecule has 22 heavy (non-hydrogen) atoms. The molecule has 6 nitrogen and oxygen atoms in total. The number of benzene rings is 1. The monoisotopic (exact) mass is 324 g/mol. The van der Waals surface area contributed by atoms with Gasteiger partial charge in [0.1, 0.15) is 11.4 Å². The first-order valence-electron chi connectivity index (χ1n) is 6.96. The van der Waals surface area contributed by atoms with Crippen LogP contribution in [-0.2, 0) is 10.0 Å². The molecule has 0 aliphatic rings. The van der Waals surface area contributed by atoms with E-state index in [0.717, 1.165) is 16.9 Å². The third-order valence-electron chi connectivity index (χ3n) is 3.30. The maximum Gasteiger partial charge on any atom is 0.267 e. The van der Waals surface area contributed by atoms with Crippen LogP contribution in [0.25, 0.3) is 0 Å². The van der Waals surface area contributed by atoms with E-state index in [4.69, 9.17) is 9.26 Å². The number of nitrogens with zero attached hydrogens (tertiary/aromatic N) is 1. The standard InChI is InChI=1S/C15H20N2O4S/c1-6-20-14-8-9(2)13(7-10(14)3)17-22(18,19)15-11(4)16-21-12(15)5/h7-8,17H,6H2,1-5H3. The van der Waals surface area contributed by atoms with E-state index in [1.165, 1.54) is 0 Å². The molecule has 2 rings (SSSR count). The Balaban J connectivity index is 2.41. The van der Waals surface area contributed by atoms with E-state index in [-0.39, 0.29) is 10.7 Å². The SMILES string of the molecule is CCOc1cc(C)c(NS(=O)(=O)c2c(C)noc2C)cc1C. The van der Waals surface area contributed by atoms with Gasteiger partial charge in [-0.1, -0.05) is 5.16 Å². The fourth-order valence-electron chi connectivity index (χ4n) is 2.26. The van der Waals surface area contributed by atoms with Crippen LogP contribution in [0, 0.1) is 27.7 Å². The lowest BCUT2D eigenvalue weighted by Crippen LogP contribution is -2.15. The van der Waals surface area contributed by atoms with Gasteiger partial charge in [0.2, 0.25) is 0 Å². The second kappa shape index (κ2) is 6.00. The van der Waals surface area contributed by atoms with Crippen LogP contribution in [0.1, 0.15) is 29.5 Å². The molecule has 1 N–H and O–H groups in total. The van der Waals surface area contributed by atoms with Gasteiger partial charge in [0, 0.05) is 0 Å².